The number of amides is 1. The first-order valence-electron chi connectivity index (χ1n) is 9.32. The molecule has 1 amide bonds. The summed E-state index contributed by atoms with van der Waals surface area (Å²) in [7, 11) is 0. The highest BCUT2D eigenvalue weighted by Gasteiger charge is 2.44. The highest BCUT2D eigenvalue weighted by Crippen LogP contribution is 2.43. The summed E-state index contributed by atoms with van der Waals surface area (Å²) in [5.74, 6) is -1.23. The van der Waals surface area contributed by atoms with Gasteiger partial charge in [0.15, 0.2) is 0 Å². The maximum Gasteiger partial charge on any atom is 0.573 e. The molecule has 4 rings (SSSR count). The van der Waals surface area contributed by atoms with Gasteiger partial charge in [-0.1, -0.05) is 41.9 Å². The number of hydrogen-bond acceptors (Lipinski definition) is 2. The molecule has 0 saturated carbocycles. The summed E-state index contributed by atoms with van der Waals surface area (Å²) in [6, 6.07) is 15.3. The Morgan fingerprint density at radius 1 is 1.03 bits per heavy atom. The number of alkyl halides is 3. The summed E-state index contributed by atoms with van der Waals surface area (Å²) < 4.78 is 56.1. The van der Waals surface area contributed by atoms with Crippen molar-refractivity contribution in [3.63, 3.8) is 0 Å². The number of para-hydroxylation sites is 1. The van der Waals surface area contributed by atoms with Gasteiger partial charge in [0.2, 0.25) is 5.91 Å². The minimum absolute atomic E-state index is 0.00822. The Morgan fingerprint density at radius 2 is 1.71 bits per heavy atom. The lowest BCUT2D eigenvalue weighted by molar-refractivity contribution is -0.274. The van der Waals surface area contributed by atoms with E-state index in [-0.39, 0.29) is 28.7 Å². The highest BCUT2D eigenvalue weighted by molar-refractivity contribution is 6.31. The number of anilines is 1. The van der Waals surface area contributed by atoms with Gasteiger partial charge >= 0.3 is 6.36 Å². The van der Waals surface area contributed by atoms with Crippen molar-refractivity contribution in [2.45, 2.75) is 25.1 Å². The van der Waals surface area contributed by atoms with E-state index in [0.29, 0.717) is 22.4 Å². The van der Waals surface area contributed by atoms with Gasteiger partial charge in [0.25, 0.3) is 0 Å². The van der Waals surface area contributed by atoms with E-state index < -0.39 is 17.6 Å². The van der Waals surface area contributed by atoms with Gasteiger partial charge in [0, 0.05) is 5.69 Å². The normalized spacial score (nSPS) is 17.9. The van der Waals surface area contributed by atoms with Crippen LogP contribution in [0.4, 0.5) is 23.2 Å². The van der Waals surface area contributed by atoms with Crippen LogP contribution < -0.4 is 10.1 Å². The van der Waals surface area contributed by atoms with Crippen LogP contribution in [0.5, 0.6) is 5.75 Å². The van der Waals surface area contributed by atoms with E-state index in [4.69, 9.17) is 11.6 Å². The van der Waals surface area contributed by atoms with Gasteiger partial charge in [0.1, 0.15) is 11.6 Å². The summed E-state index contributed by atoms with van der Waals surface area (Å²) in [6.07, 6.45) is -4.85. The zero-order chi connectivity index (χ0) is 22.4. The van der Waals surface area contributed by atoms with E-state index >= 15 is 0 Å². The molecule has 0 aliphatic carbocycles. The van der Waals surface area contributed by atoms with Gasteiger partial charge < -0.3 is 10.1 Å². The van der Waals surface area contributed by atoms with Crippen LogP contribution >= 0.6 is 11.6 Å². The van der Waals surface area contributed by atoms with Gasteiger partial charge in [-0.2, -0.15) is 0 Å². The minimum atomic E-state index is -4.85. The minimum Gasteiger partial charge on any atom is -0.406 e. The van der Waals surface area contributed by atoms with Crippen LogP contribution in [0.15, 0.2) is 60.7 Å². The van der Waals surface area contributed by atoms with Crippen LogP contribution in [-0.4, -0.2) is 12.3 Å². The Bertz CT molecular complexity index is 1180. The topological polar surface area (TPSA) is 38.3 Å². The molecule has 160 valence electrons. The molecule has 1 heterocycles. The first-order chi connectivity index (χ1) is 14.6. The Morgan fingerprint density at radius 3 is 2.42 bits per heavy atom. The Kier molecular flexibility index (Phi) is 5.17. The molecular weight excluding hydrogens is 434 g/mol. The van der Waals surface area contributed by atoms with E-state index in [1.165, 1.54) is 30.3 Å². The SMILES string of the molecule is CC1(Cc2ccccc2OC(F)(F)F)C(=O)Nc2ccc(-c3ccc(F)c(Cl)c3)cc21. The molecule has 0 radical (unpaired) electrons. The molecule has 1 aliphatic heterocycles. The maximum absolute atomic E-state index is 13.5. The number of benzene rings is 3. The second-order valence-corrected chi connectivity index (χ2v) is 7.91. The lowest BCUT2D eigenvalue weighted by atomic mass is 9.77. The number of nitrogens with one attached hydrogen (secondary N) is 1. The van der Waals surface area contributed by atoms with Crippen LogP contribution in [0, 0.1) is 5.82 Å². The van der Waals surface area contributed by atoms with Crippen molar-refractivity contribution >= 4 is 23.2 Å². The lowest BCUT2D eigenvalue weighted by Crippen LogP contribution is -2.33. The summed E-state index contributed by atoms with van der Waals surface area (Å²) in [5, 5.41) is 2.75. The third-order valence-electron chi connectivity index (χ3n) is 5.36. The monoisotopic (exact) mass is 449 g/mol. The molecule has 3 nitrogen and oxygen atoms in total. The maximum atomic E-state index is 13.5. The predicted molar refractivity (Wildman–Crippen MR) is 110 cm³/mol. The second-order valence-electron chi connectivity index (χ2n) is 7.51. The molecule has 1 N–H and O–H groups in total. The first-order valence-corrected chi connectivity index (χ1v) is 9.70. The van der Waals surface area contributed by atoms with Gasteiger partial charge in [0.05, 0.1) is 10.4 Å². The van der Waals surface area contributed by atoms with Crippen molar-refractivity contribution in [1.82, 2.24) is 0 Å². The van der Waals surface area contributed by atoms with Gasteiger partial charge in [-0.25, -0.2) is 4.39 Å². The van der Waals surface area contributed by atoms with Crippen molar-refractivity contribution in [3.8, 4) is 16.9 Å². The van der Waals surface area contributed by atoms with Gasteiger partial charge in [-0.3, -0.25) is 4.79 Å². The Hall–Kier alpha value is -3.06. The van der Waals surface area contributed by atoms with Crippen molar-refractivity contribution in [1.29, 1.82) is 0 Å². The second kappa shape index (κ2) is 7.57. The van der Waals surface area contributed by atoms with Crippen LogP contribution in [-0.2, 0) is 16.6 Å². The molecule has 3 aromatic carbocycles. The van der Waals surface area contributed by atoms with E-state index in [9.17, 15) is 22.4 Å². The number of halogens is 5. The number of ether oxygens (including phenoxy) is 1. The molecule has 31 heavy (non-hydrogen) atoms. The highest BCUT2D eigenvalue weighted by atomic mass is 35.5. The number of carbonyl (C=O) groups is 1. The Balaban J connectivity index is 1.75. The molecule has 0 fully saturated rings. The molecule has 0 aromatic heterocycles. The fourth-order valence-corrected chi connectivity index (χ4v) is 3.96. The Labute approximate surface area is 180 Å². The molecular formula is C23H16ClF4NO2. The van der Waals surface area contributed by atoms with Crippen molar-refractivity contribution in [2.75, 3.05) is 5.32 Å². The van der Waals surface area contributed by atoms with Crippen LogP contribution in [0.1, 0.15) is 18.1 Å². The molecule has 3 aromatic rings. The number of fused-ring (bicyclic) bond motifs is 1. The fourth-order valence-electron chi connectivity index (χ4n) is 3.78. The average molecular weight is 450 g/mol. The van der Waals surface area contributed by atoms with Crippen LogP contribution in [0.2, 0.25) is 5.02 Å². The summed E-state index contributed by atoms with van der Waals surface area (Å²) in [6.45, 7) is 1.67. The van der Waals surface area contributed by atoms with Crippen molar-refractivity contribution < 1.29 is 27.1 Å². The first kappa shape index (κ1) is 21.2. The average Bonchev–Trinajstić information content (AvgIpc) is 2.94. The zero-order valence-corrected chi connectivity index (χ0v) is 16.9. The molecule has 0 bridgehead atoms. The number of rotatable bonds is 4. The lowest BCUT2D eigenvalue weighted by Gasteiger charge is -2.24. The summed E-state index contributed by atoms with van der Waals surface area (Å²) >= 11 is 5.89. The van der Waals surface area contributed by atoms with Gasteiger partial charge in [-0.15, -0.1) is 13.2 Å². The molecule has 0 spiro atoms. The largest absolute Gasteiger partial charge is 0.573 e. The molecule has 1 unspecified atom stereocenters. The standard InChI is InChI=1S/C23H16ClF4NO2/c1-22(12-15-4-2-3-5-20(15)31-23(26,27)28)16-10-13(7-9-19(16)29-21(22)30)14-6-8-18(25)17(24)11-14/h2-11H,12H2,1H3,(H,29,30). The zero-order valence-electron chi connectivity index (χ0n) is 16.2. The fraction of sp³-hybridized carbons (Fsp3) is 0.174. The van der Waals surface area contributed by atoms with Gasteiger partial charge in [-0.05, 0) is 65.9 Å². The van der Waals surface area contributed by atoms with Crippen LogP contribution in [0.3, 0.4) is 0 Å². The van der Waals surface area contributed by atoms with E-state index in [2.05, 4.69) is 10.1 Å². The third-order valence-corrected chi connectivity index (χ3v) is 5.65. The van der Waals surface area contributed by atoms with Crippen molar-refractivity contribution in [2.24, 2.45) is 0 Å². The van der Waals surface area contributed by atoms with E-state index in [1.807, 2.05) is 0 Å². The third kappa shape index (κ3) is 4.10. The smallest absolute Gasteiger partial charge is 0.406 e. The summed E-state index contributed by atoms with van der Waals surface area (Å²) in [5.41, 5.74) is 1.65. The summed E-state index contributed by atoms with van der Waals surface area (Å²) in [4.78, 5) is 12.9. The van der Waals surface area contributed by atoms with E-state index in [1.54, 1.807) is 37.3 Å². The molecule has 0 saturated heterocycles. The molecule has 8 heteroatoms. The molecule has 1 aliphatic rings. The van der Waals surface area contributed by atoms with Crippen LogP contribution in [0.25, 0.3) is 11.1 Å². The van der Waals surface area contributed by atoms with Crippen molar-refractivity contribution in [3.05, 3.63) is 82.6 Å². The van der Waals surface area contributed by atoms with E-state index in [0.717, 1.165) is 0 Å². The molecule has 1 atom stereocenters. The number of carbonyl (C=O) groups excluding carboxylic acids is 1. The predicted octanol–water partition coefficient (Wildman–Crippen LogP) is 6.50. The number of hydrogen-bond donors (Lipinski definition) is 1. The quantitative estimate of drug-likeness (QED) is 0.462.